The van der Waals surface area contributed by atoms with Crippen molar-refractivity contribution in [2.24, 2.45) is 0 Å². The number of benzene rings is 2. The van der Waals surface area contributed by atoms with Crippen LogP contribution in [0.5, 0.6) is 5.75 Å². The zero-order chi connectivity index (χ0) is 22.3. The van der Waals surface area contributed by atoms with Crippen molar-refractivity contribution < 1.29 is 13.9 Å². The van der Waals surface area contributed by atoms with E-state index in [4.69, 9.17) is 4.74 Å². The van der Waals surface area contributed by atoms with Gasteiger partial charge in [-0.25, -0.2) is 13.7 Å². The SMILES string of the molecule is CCCCOc1ccc(NC(=O)NCCc2csc3nc(-c4cccc(F)c4)nn23)cc1. The molecule has 2 heterocycles. The number of carbonyl (C=O) groups excluding carboxylic acids is 1. The van der Waals surface area contributed by atoms with Crippen LogP contribution >= 0.6 is 11.3 Å². The summed E-state index contributed by atoms with van der Waals surface area (Å²) in [5.41, 5.74) is 2.25. The Morgan fingerprint density at radius 2 is 2.06 bits per heavy atom. The fraction of sp³-hybridized carbons (Fsp3) is 0.261. The highest BCUT2D eigenvalue weighted by atomic mass is 32.1. The molecule has 4 aromatic rings. The lowest BCUT2D eigenvalue weighted by Crippen LogP contribution is -2.30. The van der Waals surface area contributed by atoms with Crippen LogP contribution in [0, 0.1) is 5.82 Å². The number of carbonyl (C=O) groups is 1. The molecule has 0 fully saturated rings. The largest absolute Gasteiger partial charge is 0.494 e. The van der Waals surface area contributed by atoms with Gasteiger partial charge in [-0.1, -0.05) is 25.5 Å². The topological polar surface area (TPSA) is 80.5 Å². The van der Waals surface area contributed by atoms with Crippen molar-refractivity contribution in [3.8, 4) is 17.1 Å². The van der Waals surface area contributed by atoms with Crippen molar-refractivity contribution in [1.29, 1.82) is 0 Å². The quantitative estimate of drug-likeness (QED) is 0.344. The third kappa shape index (κ3) is 5.42. The average Bonchev–Trinajstić information content (AvgIpc) is 3.37. The van der Waals surface area contributed by atoms with E-state index in [-0.39, 0.29) is 11.8 Å². The fourth-order valence-electron chi connectivity index (χ4n) is 3.09. The zero-order valence-corrected chi connectivity index (χ0v) is 18.5. The van der Waals surface area contributed by atoms with Gasteiger partial charge in [-0.15, -0.1) is 16.4 Å². The number of rotatable bonds is 9. The molecular formula is C23H24FN5O2S. The molecule has 0 bridgehead atoms. The van der Waals surface area contributed by atoms with E-state index in [1.807, 2.05) is 29.6 Å². The van der Waals surface area contributed by atoms with Gasteiger partial charge >= 0.3 is 6.03 Å². The molecule has 0 atom stereocenters. The Morgan fingerprint density at radius 3 is 2.84 bits per heavy atom. The van der Waals surface area contributed by atoms with E-state index in [1.165, 1.54) is 23.5 Å². The summed E-state index contributed by atoms with van der Waals surface area (Å²) in [7, 11) is 0. The molecule has 9 heteroatoms. The summed E-state index contributed by atoms with van der Waals surface area (Å²) in [4.78, 5) is 17.4. The van der Waals surface area contributed by atoms with Gasteiger partial charge in [-0.2, -0.15) is 4.98 Å². The Hall–Kier alpha value is -3.46. The van der Waals surface area contributed by atoms with Crippen molar-refractivity contribution in [3.05, 3.63) is 65.4 Å². The van der Waals surface area contributed by atoms with Crippen molar-refractivity contribution in [1.82, 2.24) is 19.9 Å². The summed E-state index contributed by atoms with van der Waals surface area (Å²) in [6, 6.07) is 13.2. The molecule has 0 aliphatic carbocycles. The predicted octanol–water partition coefficient (Wildman–Crippen LogP) is 5.14. The van der Waals surface area contributed by atoms with Crippen LogP contribution in [0.1, 0.15) is 25.5 Å². The van der Waals surface area contributed by atoms with Crippen LogP contribution in [0.3, 0.4) is 0 Å². The van der Waals surface area contributed by atoms with E-state index >= 15 is 0 Å². The van der Waals surface area contributed by atoms with Crippen LogP contribution in [0.25, 0.3) is 16.3 Å². The number of halogens is 1. The highest BCUT2D eigenvalue weighted by Gasteiger charge is 2.12. The third-order valence-electron chi connectivity index (χ3n) is 4.78. The molecule has 32 heavy (non-hydrogen) atoms. The number of thiazole rings is 1. The van der Waals surface area contributed by atoms with Crippen LogP contribution in [0.15, 0.2) is 53.9 Å². The lowest BCUT2D eigenvalue weighted by Gasteiger charge is -2.09. The molecule has 4 rings (SSSR count). The molecule has 0 spiro atoms. The summed E-state index contributed by atoms with van der Waals surface area (Å²) in [5.74, 6) is 0.941. The van der Waals surface area contributed by atoms with Crippen molar-refractivity contribution in [3.63, 3.8) is 0 Å². The Morgan fingerprint density at radius 1 is 1.22 bits per heavy atom. The monoisotopic (exact) mass is 453 g/mol. The standard InChI is InChI=1S/C23H24FN5O2S/c1-2-3-13-31-20-9-7-18(8-10-20)26-22(30)25-12-11-19-15-32-23-27-21(28-29(19)23)16-5-4-6-17(24)14-16/h4-10,14-15H,2-3,11-13H2,1H3,(H2,25,26,30). The normalized spacial score (nSPS) is 10.9. The first-order valence-electron chi connectivity index (χ1n) is 10.5. The number of unbranched alkanes of at least 4 members (excludes halogenated alkanes) is 1. The fourth-order valence-corrected chi connectivity index (χ4v) is 3.95. The van der Waals surface area contributed by atoms with Gasteiger partial charge in [0.05, 0.1) is 12.3 Å². The lowest BCUT2D eigenvalue weighted by atomic mass is 10.2. The van der Waals surface area contributed by atoms with Crippen LogP contribution in [-0.2, 0) is 6.42 Å². The van der Waals surface area contributed by atoms with Gasteiger partial charge in [0, 0.05) is 29.6 Å². The maximum Gasteiger partial charge on any atom is 0.319 e. The van der Waals surface area contributed by atoms with Crippen LogP contribution in [-0.4, -0.2) is 33.8 Å². The number of urea groups is 1. The van der Waals surface area contributed by atoms with Gasteiger partial charge in [0.25, 0.3) is 0 Å². The smallest absolute Gasteiger partial charge is 0.319 e. The maximum atomic E-state index is 13.5. The molecule has 2 aromatic carbocycles. The van der Waals surface area contributed by atoms with Crippen molar-refractivity contribution in [2.45, 2.75) is 26.2 Å². The van der Waals surface area contributed by atoms with Crippen LogP contribution in [0.4, 0.5) is 14.9 Å². The second kappa shape index (κ2) is 10.2. The van der Waals surface area contributed by atoms with E-state index < -0.39 is 0 Å². The highest BCUT2D eigenvalue weighted by molar-refractivity contribution is 7.15. The maximum absolute atomic E-state index is 13.5. The molecule has 0 aliphatic rings. The van der Waals surface area contributed by atoms with Crippen molar-refractivity contribution in [2.75, 3.05) is 18.5 Å². The first-order valence-corrected chi connectivity index (χ1v) is 11.4. The number of nitrogens with one attached hydrogen (secondary N) is 2. The first-order chi connectivity index (χ1) is 15.6. The van der Waals surface area contributed by atoms with Gasteiger partial charge in [-0.3, -0.25) is 0 Å². The summed E-state index contributed by atoms with van der Waals surface area (Å²) < 4.78 is 20.8. The van der Waals surface area contributed by atoms with Crippen molar-refractivity contribution >= 4 is 28.0 Å². The van der Waals surface area contributed by atoms with E-state index in [0.29, 0.717) is 36.6 Å². The summed E-state index contributed by atoms with van der Waals surface area (Å²) >= 11 is 1.46. The Bertz CT molecular complexity index is 1190. The molecule has 2 aromatic heterocycles. The Labute approximate surface area is 189 Å². The molecule has 0 saturated heterocycles. The summed E-state index contributed by atoms with van der Waals surface area (Å²) in [5, 5.41) is 12.1. The molecule has 0 aliphatic heterocycles. The summed E-state index contributed by atoms with van der Waals surface area (Å²) in [6.07, 6.45) is 2.69. The average molecular weight is 454 g/mol. The van der Waals surface area contributed by atoms with E-state index in [9.17, 15) is 9.18 Å². The van der Waals surface area contributed by atoms with Gasteiger partial charge in [0.15, 0.2) is 5.82 Å². The lowest BCUT2D eigenvalue weighted by molar-refractivity contribution is 0.252. The number of aromatic nitrogens is 3. The number of ether oxygens (including phenoxy) is 1. The Balaban J connectivity index is 1.29. The molecular weight excluding hydrogens is 429 g/mol. The Kier molecular flexibility index (Phi) is 6.96. The molecule has 0 radical (unpaired) electrons. The van der Waals surface area contributed by atoms with Gasteiger partial charge in [0.1, 0.15) is 11.6 Å². The van der Waals surface area contributed by atoms with E-state index in [1.54, 1.807) is 16.6 Å². The number of amides is 2. The number of nitrogens with zero attached hydrogens (tertiary/aromatic N) is 3. The second-order valence-corrected chi connectivity index (χ2v) is 8.06. The molecule has 7 nitrogen and oxygen atoms in total. The second-order valence-electron chi connectivity index (χ2n) is 7.22. The minimum atomic E-state index is -0.324. The van der Waals surface area contributed by atoms with Crippen LogP contribution < -0.4 is 15.4 Å². The molecule has 166 valence electrons. The minimum Gasteiger partial charge on any atom is -0.494 e. The van der Waals surface area contributed by atoms with E-state index in [0.717, 1.165) is 29.2 Å². The number of hydrogen-bond acceptors (Lipinski definition) is 5. The molecule has 2 N–H and O–H groups in total. The third-order valence-corrected chi connectivity index (χ3v) is 5.64. The summed E-state index contributed by atoms with van der Waals surface area (Å²) in [6.45, 7) is 3.24. The molecule has 0 saturated carbocycles. The van der Waals surface area contributed by atoms with Crippen LogP contribution in [0.2, 0.25) is 0 Å². The van der Waals surface area contributed by atoms with Gasteiger partial charge < -0.3 is 15.4 Å². The predicted molar refractivity (Wildman–Crippen MR) is 124 cm³/mol. The van der Waals surface area contributed by atoms with Gasteiger partial charge in [0.2, 0.25) is 4.96 Å². The highest BCUT2D eigenvalue weighted by Crippen LogP contribution is 2.21. The first kappa shape index (κ1) is 21.8. The number of hydrogen-bond donors (Lipinski definition) is 2. The van der Waals surface area contributed by atoms with Gasteiger partial charge in [-0.05, 0) is 42.8 Å². The number of fused-ring (bicyclic) bond motifs is 1. The minimum absolute atomic E-state index is 0.282. The molecule has 2 amide bonds. The molecule has 0 unspecified atom stereocenters. The van der Waals surface area contributed by atoms with E-state index in [2.05, 4.69) is 27.6 Å². The number of anilines is 1. The zero-order valence-electron chi connectivity index (χ0n) is 17.7.